The van der Waals surface area contributed by atoms with E-state index >= 15 is 0 Å². The van der Waals surface area contributed by atoms with Crippen molar-refractivity contribution in [2.75, 3.05) is 11.9 Å². The van der Waals surface area contributed by atoms with Crippen LogP contribution in [0, 0.1) is 5.82 Å². The minimum atomic E-state index is -0.302. The molecule has 3 rings (SSSR count). The van der Waals surface area contributed by atoms with Gasteiger partial charge in [0.1, 0.15) is 11.5 Å². The lowest BCUT2D eigenvalue weighted by molar-refractivity contribution is 0.0949. The maximum absolute atomic E-state index is 12.9. The van der Waals surface area contributed by atoms with Crippen molar-refractivity contribution in [3.05, 3.63) is 82.9 Å². The summed E-state index contributed by atoms with van der Waals surface area (Å²) in [5.41, 5.74) is 1.92. The largest absolute Gasteiger partial charge is 0.350 e. The Morgan fingerprint density at radius 2 is 1.92 bits per heavy atom. The van der Waals surface area contributed by atoms with E-state index in [0.717, 1.165) is 11.3 Å². The molecule has 0 atom stereocenters. The van der Waals surface area contributed by atoms with Gasteiger partial charge < -0.3 is 10.6 Å². The van der Waals surface area contributed by atoms with E-state index in [0.29, 0.717) is 23.9 Å². The number of aromatic nitrogens is 2. The summed E-state index contributed by atoms with van der Waals surface area (Å²) in [4.78, 5) is 20.5. The van der Waals surface area contributed by atoms with Crippen LogP contribution in [0.5, 0.6) is 0 Å². The Hall–Kier alpha value is -2.99. The van der Waals surface area contributed by atoms with E-state index in [1.807, 2.05) is 6.07 Å². The predicted octanol–water partition coefficient (Wildman–Crippen LogP) is 3.99. The normalized spacial score (nSPS) is 10.4. The van der Waals surface area contributed by atoms with E-state index in [9.17, 15) is 9.18 Å². The number of nitrogens with one attached hydrogen (secondary N) is 2. The number of hydrogen-bond acceptors (Lipinski definition) is 4. The van der Waals surface area contributed by atoms with Crippen molar-refractivity contribution in [1.82, 2.24) is 15.3 Å². The lowest BCUT2D eigenvalue weighted by Crippen LogP contribution is -2.26. The highest BCUT2D eigenvalue weighted by Gasteiger charge is 2.09. The van der Waals surface area contributed by atoms with Crippen LogP contribution < -0.4 is 10.6 Å². The van der Waals surface area contributed by atoms with Gasteiger partial charge in [0, 0.05) is 23.5 Å². The minimum Gasteiger partial charge on any atom is -0.350 e. The van der Waals surface area contributed by atoms with Gasteiger partial charge in [-0.3, -0.25) is 4.79 Å². The molecule has 0 unspecified atom stereocenters. The number of rotatable bonds is 6. The van der Waals surface area contributed by atoms with Crippen LogP contribution in [0.15, 0.2) is 60.8 Å². The second kappa shape index (κ2) is 8.40. The minimum absolute atomic E-state index is 0.253. The highest BCUT2D eigenvalue weighted by atomic mass is 35.5. The fourth-order valence-corrected chi connectivity index (χ4v) is 2.49. The first-order valence-corrected chi connectivity index (χ1v) is 8.36. The van der Waals surface area contributed by atoms with Gasteiger partial charge in [-0.1, -0.05) is 29.8 Å². The molecule has 0 aliphatic rings. The molecule has 2 N–H and O–H groups in total. The number of anilines is 2. The fourth-order valence-electron chi connectivity index (χ4n) is 2.30. The Balaban J connectivity index is 1.58. The summed E-state index contributed by atoms with van der Waals surface area (Å²) in [6.45, 7) is 0.422. The van der Waals surface area contributed by atoms with Crippen molar-refractivity contribution >= 4 is 29.1 Å². The molecule has 0 fully saturated rings. The molecular weight excluding hydrogens is 355 g/mol. The summed E-state index contributed by atoms with van der Waals surface area (Å²) in [6.07, 6.45) is 2.11. The zero-order valence-electron chi connectivity index (χ0n) is 13.7. The van der Waals surface area contributed by atoms with Crippen LogP contribution in [0.25, 0.3) is 0 Å². The SMILES string of the molecule is O=C(NCCc1ccc(F)cc1)c1ccnc(Nc2cccc(Cl)c2)n1. The molecule has 0 aliphatic heterocycles. The zero-order valence-corrected chi connectivity index (χ0v) is 14.5. The second-order valence-corrected chi connectivity index (χ2v) is 5.97. The molecular formula is C19H16ClFN4O. The van der Waals surface area contributed by atoms with Gasteiger partial charge in [0.15, 0.2) is 0 Å². The van der Waals surface area contributed by atoms with Gasteiger partial charge in [-0.25, -0.2) is 14.4 Å². The Kier molecular flexibility index (Phi) is 5.76. The molecule has 0 spiro atoms. The Morgan fingerprint density at radius 1 is 1.12 bits per heavy atom. The van der Waals surface area contributed by atoms with Gasteiger partial charge in [-0.05, 0) is 48.4 Å². The van der Waals surface area contributed by atoms with E-state index < -0.39 is 0 Å². The van der Waals surface area contributed by atoms with Crippen LogP contribution in [0.3, 0.4) is 0 Å². The molecule has 1 heterocycles. The average molecular weight is 371 g/mol. The van der Waals surface area contributed by atoms with Gasteiger partial charge in [0.05, 0.1) is 0 Å². The van der Waals surface area contributed by atoms with Crippen LogP contribution in [-0.2, 0) is 6.42 Å². The van der Waals surface area contributed by atoms with E-state index in [2.05, 4.69) is 20.6 Å². The Labute approximate surface area is 155 Å². The highest BCUT2D eigenvalue weighted by Crippen LogP contribution is 2.17. The summed E-state index contributed by atoms with van der Waals surface area (Å²) >= 11 is 5.94. The molecule has 132 valence electrons. The average Bonchev–Trinajstić information content (AvgIpc) is 2.63. The first kappa shape index (κ1) is 17.8. The number of benzene rings is 2. The van der Waals surface area contributed by atoms with Gasteiger partial charge in [0.2, 0.25) is 5.95 Å². The van der Waals surface area contributed by atoms with Crippen LogP contribution in [0.4, 0.5) is 16.0 Å². The van der Waals surface area contributed by atoms with E-state index in [1.54, 1.807) is 30.3 Å². The Morgan fingerprint density at radius 3 is 2.69 bits per heavy atom. The van der Waals surface area contributed by atoms with Crippen molar-refractivity contribution in [2.45, 2.75) is 6.42 Å². The van der Waals surface area contributed by atoms with Gasteiger partial charge in [0.25, 0.3) is 5.91 Å². The van der Waals surface area contributed by atoms with E-state index in [4.69, 9.17) is 11.6 Å². The summed E-state index contributed by atoms with van der Waals surface area (Å²) < 4.78 is 12.9. The van der Waals surface area contributed by atoms with Gasteiger partial charge in [-0.15, -0.1) is 0 Å². The molecule has 5 nitrogen and oxygen atoms in total. The third-order valence-electron chi connectivity index (χ3n) is 3.58. The van der Waals surface area contributed by atoms with Crippen molar-refractivity contribution in [1.29, 1.82) is 0 Å². The monoisotopic (exact) mass is 370 g/mol. The smallest absolute Gasteiger partial charge is 0.270 e. The molecule has 3 aromatic rings. The van der Waals surface area contributed by atoms with Crippen molar-refractivity contribution in [2.24, 2.45) is 0 Å². The second-order valence-electron chi connectivity index (χ2n) is 5.53. The van der Waals surface area contributed by atoms with E-state index in [1.165, 1.54) is 24.4 Å². The molecule has 1 aromatic heterocycles. The van der Waals surface area contributed by atoms with Crippen molar-refractivity contribution in [3.8, 4) is 0 Å². The number of carbonyl (C=O) groups is 1. The maximum atomic E-state index is 12.9. The number of halogens is 2. The van der Waals surface area contributed by atoms with E-state index in [-0.39, 0.29) is 17.4 Å². The van der Waals surface area contributed by atoms with Crippen molar-refractivity contribution < 1.29 is 9.18 Å². The summed E-state index contributed by atoms with van der Waals surface area (Å²) in [6, 6.07) is 14.8. The third kappa shape index (κ3) is 5.00. The molecule has 0 radical (unpaired) electrons. The standard InChI is InChI=1S/C19H16ClFN4O/c20-14-2-1-3-16(12-14)24-19-23-11-9-17(25-19)18(26)22-10-8-13-4-6-15(21)7-5-13/h1-7,9,11-12H,8,10H2,(H,22,26)(H,23,24,25). The molecule has 0 bridgehead atoms. The molecule has 0 aliphatic carbocycles. The molecule has 2 aromatic carbocycles. The lowest BCUT2D eigenvalue weighted by atomic mass is 10.1. The number of nitrogens with zero attached hydrogens (tertiary/aromatic N) is 2. The molecule has 26 heavy (non-hydrogen) atoms. The van der Waals surface area contributed by atoms with Gasteiger partial charge in [-0.2, -0.15) is 0 Å². The zero-order chi connectivity index (χ0) is 18.4. The summed E-state index contributed by atoms with van der Waals surface area (Å²) in [5, 5.41) is 6.38. The highest BCUT2D eigenvalue weighted by molar-refractivity contribution is 6.30. The number of hydrogen-bond donors (Lipinski definition) is 2. The topological polar surface area (TPSA) is 66.9 Å². The lowest BCUT2D eigenvalue weighted by Gasteiger charge is -2.08. The van der Waals surface area contributed by atoms with Crippen molar-refractivity contribution in [3.63, 3.8) is 0 Å². The summed E-state index contributed by atoms with van der Waals surface area (Å²) in [5.74, 6) is -0.277. The molecule has 7 heteroatoms. The first-order valence-electron chi connectivity index (χ1n) is 7.98. The number of carbonyl (C=O) groups excluding carboxylic acids is 1. The van der Waals surface area contributed by atoms with Crippen LogP contribution in [-0.4, -0.2) is 22.4 Å². The van der Waals surface area contributed by atoms with Crippen LogP contribution in [0.2, 0.25) is 5.02 Å². The Bertz CT molecular complexity index is 902. The third-order valence-corrected chi connectivity index (χ3v) is 3.82. The van der Waals surface area contributed by atoms with Crippen LogP contribution in [0.1, 0.15) is 16.1 Å². The molecule has 1 amide bonds. The quantitative estimate of drug-likeness (QED) is 0.688. The maximum Gasteiger partial charge on any atom is 0.270 e. The summed E-state index contributed by atoms with van der Waals surface area (Å²) in [7, 11) is 0. The van der Waals surface area contributed by atoms with Crippen LogP contribution >= 0.6 is 11.6 Å². The molecule has 0 saturated heterocycles. The molecule has 0 saturated carbocycles. The fraction of sp³-hybridized carbons (Fsp3) is 0.105. The van der Waals surface area contributed by atoms with Gasteiger partial charge >= 0.3 is 0 Å². The predicted molar refractivity (Wildman–Crippen MR) is 99.2 cm³/mol. The number of amides is 1. The first-order chi connectivity index (χ1) is 12.6.